The second-order valence-corrected chi connectivity index (χ2v) is 7.26. The molecule has 124 valence electrons. The predicted molar refractivity (Wildman–Crippen MR) is 106 cm³/mol. The molecule has 2 aliphatic rings. The molecule has 5 rings (SSSR count). The van der Waals surface area contributed by atoms with Crippen LogP contribution in [0.2, 0.25) is 0 Å². The van der Waals surface area contributed by atoms with E-state index in [9.17, 15) is 0 Å². The van der Waals surface area contributed by atoms with Crippen molar-refractivity contribution in [2.75, 3.05) is 11.9 Å². The highest BCUT2D eigenvalue weighted by molar-refractivity contribution is 6.02. The zero-order valence-corrected chi connectivity index (χ0v) is 15.0. The molecule has 1 aliphatic carbocycles. The molecule has 0 saturated heterocycles. The smallest absolute Gasteiger partial charge is 0.102 e. The first-order chi connectivity index (χ1) is 12.1. The summed E-state index contributed by atoms with van der Waals surface area (Å²) in [5.74, 6) is 0. The van der Waals surface area contributed by atoms with E-state index in [1.165, 1.54) is 44.3 Å². The van der Waals surface area contributed by atoms with Gasteiger partial charge in [-0.05, 0) is 52.4 Å². The highest BCUT2D eigenvalue weighted by Crippen LogP contribution is 2.46. The van der Waals surface area contributed by atoms with E-state index < -0.39 is 0 Å². The summed E-state index contributed by atoms with van der Waals surface area (Å²) in [4.78, 5) is 4.68. The van der Waals surface area contributed by atoms with Gasteiger partial charge in [0.1, 0.15) is 6.17 Å². The Morgan fingerprint density at radius 1 is 0.960 bits per heavy atom. The molecule has 25 heavy (non-hydrogen) atoms. The maximum Gasteiger partial charge on any atom is 0.102 e. The predicted octanol–water partition coefficient (Wildman–Crippen LogP) is 5.29. The van der Waals surface area contributed by atoms with E-state index in [0.717, 1.165) is 6.42 Å². The van der Waals surface area contributed by atoms with Crippen LogP contribution in [0.3, 0.4) is 0 Å². The van der Waals surface area contributed by atoms with Crippen molar-refractivity contribution in [2.45, 2.75) is 26.4 Å². The largest absolute Gasteiger partial charge is 0.359 e. The van der Waals surface area contributed by atoms with Gasteiger partial charge < -0.3 is 9.80 Å². The molecule has 1 atom stereocenters. The third kappa shape index (κ3) is 1.97. The van der Waals surface area contributed by atoms with Crippen LogP contribution in [0.1, 0.15) is 23.6 Å². The highest BCUT2D eigenvalue weighted by Gasteiger charge is 2.29. The van der Waals surface area contributed by atoms with Crippen molar-refractivity contribution < 1.29 is 0 Å². The van der Waals surface area contributed by atoms with Gasteiger partial charge in [-0.2, -0.15) is 0 Å². The molecule has 1 aliphatic heterocycles. The molecular weight excluding hydrogens is 304 g/mol. The number of aryl methyl sites for hydroxylation is 1. The van der Waals surface area contributed by atoms with E-state index in [-0.39, 0.29) is 0 Å². The quantitative estimate of drug-likeness (QED) is 0.469. The molecule has 0 radical (unpaired) electrons. The number of anilines is 1. The summed E-state index contributed by atoms with van der Waals surface area (Å²) in [5.41, 5.74) is 8.48. The molecule has 3 aromatic rings. The number of hydrogen-bond acceptors (Lipinski definition) is 2. The van der Waals surface area contributed by atoms with Crippen LogP contribution < -0.4 is 4.90 Å². The summed E-state index contributed by atoms with van der Waals surface area (Å²) in [6, 6.07) is 17.9. The Morgan fingerprint density at radius 3 is 2.60 bits per heavy atom. The van der Waals surface area contributed by atoms with E-state index >= 15 is 0 Å². The van der Waals surface area contributed by atoms with Crippen LogP contribution in [-0.2, 0) is 6.42 Å². The molecule has 0 aromatic heterocycles. The van der Waals surface area contributed by atoms with Crippen molar-refractivity contribution in [1.82, 2.24) is 4.90 Å². The van der Waals surface area contributed by atoms with Crippen LogP contribution in [0.15, 0.2) is 60.9 Å². The van der Waals surface area contributed by atoms with Crippen LogP contribution >= 0.6 is 0 Å². The van der Waals surface area contributed by atoms with E-state index in [4.69, 9.17) is 0 Å². The summed E-state index contributed by atoms with van der Waals surface area (Å²) in [6.07, 6.45) is 5.76. The molecule has 1 heterocycles. The molecule has 0 bridgehead atoms. The lowest BCUT2D eigenvalue weighted by Crippen LogP contribution is -2.34. The summed E-state index contributed by atoms with van der Waals surface area (Å²) < 4.78 is 0. The number of hydrogen-bond donors (Lipinski definition) is 0. The van der Waals surface area contributed by atoms with E-state index in [2.05, 4.69) is 91.6 Å². The Balaban J connectivity index is 1.76. The summed E-state index contributed by atoms with van der Waals surface area (Å²) in [7, 11) is 2.14. The number of nitrogens with zero attached hydrogens (tertiary/aromatic N) is 2. The molecular formula is C23H22N2. The van der Waals surface area contributed by atoms with Crippen molar-refractivity contribution in [3.8, 4) is 11.1 Å². The van der Waals surface area contributed by atoms with E-state index in [1.807, 2.05) is 0 Å². The minimum atomic E-state index is 0.352. The normalized spacial score (nSPS) is 18.1. The Morgan fingerprint density at radius 2 is 1.80 bits per heavy atom. The van der Waals surface area contributed by atoms with E-state index in [0.29, 0.717) is 6.17 Å². The molecule has 0 amide bonds. The number of benzene rings is 3. The Hall–Kier alpha value is -2.74. The van der Waals surface area contributed by atoms with Gasteiger partial charge in [0.15, 0.2) is 0 Å². The van der Waals surface area contributed by atoms with Crippen LogP contribution in [-0.4, -0.2) is 18.1 Å². The Bertz CT molecular complexity index is 1030. The highest BCUT2D eigenvalue weighted by atomic mass is 15.4. The third-order valence-electron chi connectivity index (χ3n) is 5.85. The van der Waals surface area contributed by atoms with Crippen LogP contribution in [0, 0.1) is 6.92 Å². The molecule has 0 unspecified atom stereocenters. The van der Waals surface area contributed by atoms with Gasteiger partial charge in [-0.3, -0.25) is 0 Å². The topological polar surface area (TPSA) is 6.48 Å². The molecule has 0 saturated carbocycles. The minimum absolute atomic E-state index is 0.352. The van der Waals surface area contributed by atoms with Gasteiger partial charge in [0.25, 0.3) is 0 Å². The van der Waals surface area contributed by atoms with Crippen molar-refractivity contribution >= 4 is 16.5 Å². The van der Waals surface area contributed by atoms with Gasteiger partial charge in [0, 0.05) is 31.6 Å². The van der Waals surface area contributed by atoms with E-state index in [1.54, 1.807) is 0 Å². The van der Waals surface area contributed by atoms with Crippen LogP contribution in [0.4, 0.5) is 5.69 Å². The standard InChI is InChI=1S/C23H22N2/c1-15-8-11-20-21(23(15)25-13-12-24(3)16(25)2)14-18-10-9-17-6-4-5-7-19(17)22(18)20/h4-13,16H,14H2,1-3H3/t16-/m0/s1. The average Bonchev–Trinajstić information content (AvgIpc) is 3.16. The molecule has 0 N–H and O–H groups in total. The van der Waals surface area contributed by atoms with Gasteiger partial charge >= 0.3 is 0 Å². The third-order valence-corrected chi connectivity index (χ3v) is 5.85. The monoisotopic (exact) mass is 326 g/mol. The Kier molecular flexibility index (Phi) is 2.99. The first kappa shape index (κ1) is 14.6. The lowest BCUT2D eigenvalue weighted by Gasteiger charge is -2.30. The maximum absolute atomic E-state index is 2.42. The minimum Gasteiger partial charge on any atom is -0.359 e. The maximum atomic E-state index is 2.42. The second kappa shape index (κ2) is 5.13. The van der Waals surface area contributed by atoms with Crippen molar-refractivity contribution in [2.24, 2.45) is 0 Å². The zero-order chi connectivity index (χ0) is 17.1. The van der Waals surface area contributed by atoms with Crippen LogP contribution in [0.25, 0.3) is 21.9 Å². The van der Waals surface area contributed by atoms with Gasteiger partial charge in [0.05, 0.1) is 0 Å². The van der Waals surface area contributed by atoms with Crippen molar-refractivity contribution in [3.63, 3.8) is 0 Å². The zero-order valence-electron chi connectivity index (χ0n) is 15.0. The molecule has 0 fully saturated rings. The first-order valence-electron chi connectivity index (χ1n) is 8.97. The second-order valence-electron chi connectivity index (χ2n) is 7.26. The van der Waals surface area contributed by atoms with Gasteiger partial charge in [-0.25, -0.2) is 0 Å². The lowest BCUT2D eigenvalue weighted by molar-refractivity contribution is 0.382. The summed E-state index contributed by atoms with van der Waals surface area (Å²) in [6.45, 7) is 4.49. The molecule has 2 heteroatoms. The average molecular weight is 326 g/mol. The molecule has 2 nitrogen and oxygen atoms in total. The number of rotatable bonds is 1. The van der Waals surface area contributed by atoms with Gasteiger partial charge in [0.2, 0.25) is 0 Å². The van der Waals surface area contributed by atoms with Crippen molar-refractivity contribution in [3.05, 3.63) is 77.6 Å². The van der Waals surface area contributed by atoms with Crippen molar-refractivity contribution in [1.29, 1.82) is 0 Å². The fourth-order valence-electron chi connectivity index (χ4n) is 4.38. The van der Waals surface area contributed by atoms with Gasteiger partial charge in [-0.15, -0.1) is 0 Å². The summed E-state index contributed by atoms with van der Waals surface area (Å²) in [5, 5.41) is 2.70. The van der Waals surface area contributed by atoms with Gasteiger partial charge in [-0.1, -0.05) is 48.5 Å². The fourth-order valence-corrected chi connectivity index (χ4v) is 4.38. The Labute approximate surface area is 149 Å². The number of fused-ring (bicyclic) bond motifs is 5. The summed E-state index contributed by atoms with van der Waals surface area (Å²) >= 11 is 0. The lowest BCUT2D eigenvalue weighted by atomic mass is 9.96. The van der Waals surface area contributed by atoms with Crippen LogP contribution in [0.5, 0.6) is 0 Å². The molecule has 3 aromatic carbocycles. The fraction of sp³-hybridized carbons (Fsp3) is 0.217. The molecule has 0 spiro atoms. The first-order valence-corrected chi connectivity index (χ1v) is 8.97. The SMILES string of the molecule is Cc1ccc2c(c1N1C=CN(C)[C@@H]1C)Cc1ccc3ccccc3c1-2.